The Morgan fingerprint density at radius 3 is 2.48 bits per heavy atom. The van der Waals surface area contributed by atoms with E-state index < -0.39 is 17.5 Å². The van der Waals surface area contributed by atoms with Crippen LogP contribution in [0.1, 0.15) is 33.3 Å². The van der Waals surface area contributed by atoms with E-state index in [0.29, 0.717) is 0 Å². The summed E-state index contributed by atoms with van der Waals surface area (Å²) in [6.45, 7) is 7.28. The standard InChI is InChI=1S/C21H25N3O3/c1-13(2)14(3)22-18(25)12-24-19(26)21(4,23-20(24)27)17-11-7-9-15-8-5-6-10-16(15)17/h5-11,13-14H,12H2,1-4H3,(H,22,25)(H,23,27)/t14-,21-/m0/s1. The van der Waals surface area contributed by atoms with Crippen LogP contribution in [0.5, 0.6) is 0 Å². The zero-order valence-electron chi connectivity index (χ0n) is 16.1. The Hall–Kier alpha value is -2.89. The summed E-state index contributed by atoms with van der Waals surface area (Å²) in [6, 6.07) is 12.8. The zero-order valence-corrected chi connectivity index (χ0v) is 16.1. The molecule has 2 N–H and O–H groups in total. The van der Waals surface area contributed by atoms with E-state index in [9.17, 15) is 14.4 Å². The molecule has 4 amide bonds. The van der Waals surface area contributed by atoms with Crippen LogP contribution >= 0.6 is 0 Å². The van der Waals surface area contributed by atoms with Crippen LogP contribution in [0.4, 0.5) is 4.79 Å². The van der Waals surface area contributed by atoms with E-state index in [4.69, 9.17) is 0 Å². The third kappa shape index (κ3) is 3.39. The van der Waals surface area contributed by atoms with Crippen LogP contribution in [-0.4, -0.2) is 35.3 Å². The largest absolute Gasteiger partial charge is 0.352 e. The van der Waals surface area contributed by atoms with Gasteiger partial charge in [-0.1, -0.05) is 56.3 Å². The molecule has 0 radical (unpaired) electrons. The number of amides is 4. The molecule has 1 aliphatic heterocycles. The van der Waals surface area contributed by atoms with Gasteiger partial charge in [-0.3, -0.25) is 14.5 Å². The van der Waals surface area contributed by atoms with Crippen LogP contribution < -0.4 is 10.6 Å². The second-order valence-corrected chi connectivity index (χ2v) is 7.57. The van der Waals surface area contributed by atoms with Gasteiger partial charge in [-0.05, 0) is 36.1 Å². The molecule has 0 spiro atoms. The molecule has 0 aliphatic carbocycles. The van der Waals surface area contributed by atoms with Gasteiger partial charge in [0.2, 0.25) is 5.91 Å². The molecule has 1 saturated heterocycles. The number of benzene rings is 2. The number of nitrogens with zero attached hydrogens (tertiary/aromatic N) is 1. The van der Waals surface area contributed by atoms with Crippen LogP contribution in [0.25, 0.3) is 10.8 Å². The maximum Gasteiger partial charge on any atom is 0.325 e. The normalized spacial score (nSPS) is 20.9. The zero-order chi connectivity index (χ0) is 19.8. The molecule has 2 aromatic rings. The molecular formula is C21H25N3O3. The minimum atomic E-state index is -1.21. The Kier molecular flexibility index (Phi) is 4.91. The highest BCUT2D eigenvalue weighted by molar-refractivity contribution is 6.10. The Morgan fingerprint density at radius 2 is 1.78 bits per heavy atom. The second kappa shape index (κ2) is 7.02. The third-order valence-corrected chi connectivity index (χ3v) is 5.29. The topological polar surface area (TPSA) is 78.5 Å². The molecular weight excluding hydrogens is 342 g/mol. The molecule has 1 fully saturated rings. The van der Waals surface area contributed by atoms with Crippen molar-refractivity contribution < 1.29 is 14.4 Å². The minimum Gasteiger partial charge on any atom is -0.352 e. The summed E-state index contributed by atoms with van der Waals surface area (Å²) >= 11 is 0. The Morgan fingerprint density at radius 1 is 1.11 bits per heavy atom. The number of rotatable bonds is 5. The fourth-order valence-corrected chi connectivity index (χ4v) is 3.29. The Labute approximate surface area is 158 Å². The highest BCUT2D eigenvalue weighted by Gasteiger charge is 2.50. The number of nitrogens with one attached hydrogen (secondary N) is 2. The van der Waals surface area contributed by atoms with Gasteiger partial charge in [-0.25, -0.2) is 4.79 Å². The Bertz CT molecular complexity index is 903. The first-order valence-electron chi connectivity index (χ1n) is 9.15. The van der Waals surface area contributed by atoms with Crippen molar-refractivity contribution in [1.82, 2.24) is 15.5 Å². The molecule has 0 aromatic heterocycles. The number of fused-ring (bicyclic) bond motifs is 1. The first kappa shape index (κ1) is 18.9. The van der Waals surface area contributed by atoms with Crippen molar-refractivity contribution in [3.8, 4) is 0 Å². The summed E-state index contributed by atoms with van der Waals surface area (Å²) in [4.78, 5) is 38.8. The van der Waals surface area contributed by atoms with E-state index in [-0.39, 0.29) is 24.4 Å². The van der Waals surface area contributed by atoms with Gasteiger partial charge >= 0.3 is 6.03 Å². The van der Waals surface area contributed by atoms with E-state index in [1.54, 1.807) is 6.92 Å². The number of carbonyl (C=O) groups excluding carboxylic acids is 3. The molecule has 2 aromatic carbocycles. The first-order chi connectivity index (χ1) is 12.7. The van der Waals surface area contributed by atoms with Crippen LogP contribution in [-0.2, 0) is 15.1 Å². The molecule has 0 saturated carbocycles. The molecule has 6 heteroatoms. The fourth-order valence-electron chi connectivity index (χ4n) is 3.29. The lowest BCUT2D eigenvalue weighted by Crippen LogP contribution is -2.46. The predicted molar refractivity (Wildman–Crippen MR) is 104 cm³/mol. The van der Waals surface area contributed by atoms with Crippen LogP contribution in [0.15, 0.2) is 42.5 Å². The molecule has 27 heavy (non-hydrogen) atoms. The predicted octanol–water partition coefficient (Wildman–Crippen LogP) is 2.77. The van der Waals surface area contributed by atoms with Gasteiger partial charge in [0.15, 0.2) is 0 Å². The summed E-state index contributed by atoms with van der Waals surface area (Å²) in [5.74, 6) is -0.504. The second-order valence-electron chi connectivity index (χ2n) is 7.57. The van der Waals surface area contributed by atoms with E-state index >= 15 is 0 Å². The number of hydrogen-bond acceptors (Lipinski definition) is 3. The van der Waals surface area contributed by atoms with E-state index in [1.807, 2.05) is 63.2 Å². The highest BCUT2D eigenvalue weighted by atomic mass is 16.2. The Balaban J connectivity index is 1.87. The van der Waals surface area contributed by atoms with Gasteiger partial charge in [0.05, 0.1) is 0 Å². The number of urea groups is 1. The van der Waals surface area contributed by atoms with Crippen molar-refractivity contribution in [2.24, 2.45) is 5.92 Å². The van der Waals surface area contributed by atoms with Crippen molar-refractivity contribution in [2.45, 2.75) is 39.3 Å². The molecule has 0 unspecified atom stereocenters. The quantitative estimate of drug-likeness (QED) is 0.798. The third-order valence-electron chi connectivity index (χ3n) is 5.29. The molecule has 1 aliphatic rings. The molecule has 1 heterocycles. The van der Waals surface area contributed by atoms with Gasteiger partial charge in [-0.2, -0.15) is 0 Å². The molecule has 0 bridgehead atoms. The van der Waals surface area contributed by atoms with Gasteiger partial charge in [0.1, 0.15) is 12.1 Å². The smallest absolute Gasteiger partial charge is 0.325 e. The van der Waals surface area contributed by atoms with E-state index in [0.717, 1.165) is 21.2 Å². The molecule has 2 atom stereocenters. The van der Waals surface area contributed by atoms with Gasteiger partial charge in [-0.15, -0.1) is 0 Å². The lowest BCUT2D eigenvalue weighted by atomic mass is 9.88. The van der Waals surface area contributed by atoms with E-state index in [2.05, 4.69) is 10.6 Å². The average Bonchev–Trinajstić information content (AvgIpc) is 2.85. The van der Waals surface area contributed by atoms with Crippen LogP contribution in [0, 0.1) is 5.92 Å². The summed E-state index contributed by atoms with van der Waals surface area (Å²) in [7, 11) is 0. The average molecular weight is 367 g/mol. The summed E-state index contributed by atoms with van der Waals surface area (Å²) in [6.07, 6.45) is 0. The van der Waals surface area contributed by atoms with Crippen molar-refractivity contribution in [3.63, 3.8) is 0 Å². The van der Waals surface area contributed by atoms with Crippen LogP contribution in [0.2, 0.25) is 0 Å². The molecule has 3 rings (SSSR count). The SMILES string of the molecule is CC(C)[C@H](C)NC(=O)CN1C(=O)N[C@@](C)(c2cccc3ccccc23)C1=O. The van der Waals surface area contributed by atoms with Crippen LogP contribution in [0.3, 0.4) is 0 Å². The maximum atomic E-state index is 13.1. The molecule has 142 valence electrons. The van der Waals surface area contributed by atoms with Crippen molar-refractivity contribution >= 4 is 28.6 Å². The minimum absolute atomic E-state index is 0.0392. The van der Waals surface area contributed by atoms with Gasteiger partial charge < -0.3 is 10.6 Å². The summed E-state index contributed by atoms with van der Waals surface area (Å²) in [5.41, 5.74) is -0.487. The number of hydrogen-bond donors (Lipinski definition) is 2. The number of carbonyl (C=O) groups is 3. The maximum absolute atomic E-state index is 13.1. The van der Waals surface area contributed by atoms with Crippen molar-refractivity contribution in [3.05, 3.63) is 48.0 Å². The van der Waals surface area contributed by atoms with Crippen molar-refractivity contribution in [1.29, 1.82) is 0 Å². The fraction of sp³-hybridized carbons (Fsp3) is 0.381. The van der Waals surface area contributed by atoms with E-state index in [1.165, 1.54) is 0 Å². The lowest BCUT2D eigenvalue weighted by Gasteiger charge is -2.24. The highest BCUT2D eigenvalue weighted by Crippen LogP contribution is 2.33. The summed E-state index contributed by atoms with van der Waals surface area (Å²) < 4.78 is 0. The first-order valence-corrected chi connectivity index (χ1v) is 9.15. The van der Waals surface area contributed by atoms with Gasteiger partial charge in [0, 0.05) is 6.04 Å². The number of imide groups is 1. The van der Waals surface area contributed by atoms with Crippen molar-refractivity contribution in [2.75, 3.05) is 6.54 Å². The monoisotopic (exact) mass is 367 g/mol. The summed E-state index contributed by atoms with van der Waals surface area (Å²) in [5, 5.41) is 7.49. The lowest BCUT2D eigenvalue weighted by molar-refractivity contribution is -0.135. The van der Waals surface area contributed by atoms with Gasteiger partial charge in [0.25, 0.3) is 5.91 Å². The molecule has 6 nitrogen and oxygen atoms in total.